The van der Waals surface area contributed by atoms with E-state index < -0.39 is 11.8 Å². The highest BCUT2D eigenvalue weighted by Gasteiger charge is 2.36. The van der Waals surface area contributed by atoms with E-state index in [0.29, 0.717) is 24.8 Å². The molecule has 2 N–H and O–H groups in total. The average molecular weight is 404 g/mol. The molecule has 1 aromatic heterocycles. The number of hydrogen-bond donors (Lipinski definition) is 2. The highest BCUT2D eigenvalue weighted by Crippen LogP contribution is 2.37. The van der Waals surface area contributed by atoms with Crippen molar-refractivity contribution in [3.63, 3.8) is 0 Å². The zero-order chi connectivity index (χ0) is 19.3. The van der Waals surface area contributed by atoms with Gasteiger partial charge in [-0.25, -0.2) is 0 Å². The lowest BCUT2D eigenvalue weighted by molar-refractivity contribution is -0.136. The fraction of sp³-hybridized carbons (Fsp3) is 0.316. The number of nitriles is 1. The summed E-state index contributed by atoms with van der Waals surface area (Å²) in [6.07, 6.45) is 1.56. The Kier molecular flexibility index (Phi) is 6.11. The third kappa shape index (κ3) is 4.48. The maximum absolute atomic E-state index is 12.3. The van der Waals surface area contributed by atoms with Crippen LogP contribution in [-0.2, 0) is 19.7 Å². The van der Waals surface area contributed by atoms with Gasteiger partial charge in [-0.3, -0.25) is 9.59 Å². The number of ether oxygens (including phenoxy) is 1. The van der Waals surface area contributed by atoms with Crippen molar-refractivity contribution in [1.82, 2.24) is 5.32 Å². The fourth-order valence-corrected chi connectivity index (χ4v) is 4.24. The number of benzene rings is 1. The molecule has 6 nitrogen and oxygen atoms in total. The van der Waals surface area contributed by atoms with E-state index >= 15 is 0 Å². The first kappa shape index (κ1) is 19.4. The number of anilines is 1. The maximum atomic E-state index is 12.3. The SMILES string of the molecule is N#Cc1ccc(Cl)cc1NC(=O)C(=O)NCC1(c2cccs2)CCOCC1. The minimum absolute atomic E-state index is 0.212. The van der Waals surface area contributed by atoms with Gasteiger partial charge in [0.2, 0.25) is 0 Å². The smallest absolute Gasteiger partial charge is 0.313 e. The molecule has 1 aliphatic heterocycles. The maximum Gasteiger partial charge on any atom is 0.313 e. The number of amides is 2. The molecule has 8 heteroatoms. The van der Waals surface area contributed by atoms with E-state index in [2.05, 4.69) is 10.6 Å². The van der Waals surface area contributed by atoms with Crippen molar-refractivity contribution in [3.05, 3.63) is 51.2 Å². The quantitative estimate of drug-likeness (QED) is 0.767. The molecule has 2 aromatic rings. The normalized spacial score (nSPS) is 15.6. The standard InChI is InChI=1S/C19H18ClN3O3S/c20-14-4-3-13(11-21)15(10-14)23-18(25)17(24)22-12-19(5-7-26-8-6-19)16-2-1-9-27-16/h1-4,9-10H,5-8,12H2,(H,22,24)(H,23,25). The largest absolute Gasteiger partial charge is 0.381 e. The second-order valence-electron chi connectivity index (χ2n) is 6.31. The zero-order valence-corrected chi connectivity index (χ0v) is 16.0. The summed E-state index contributed by atoms with van der Waals surface area (Å²) in [6.45, 7) is 1.59. The zero-order valence-electron chi connectivity index (χ0n) is 14.5. The third-order valence-corrected chi connectivity index (χ3v) is 5.99. The number of rotatable bonds is 4. The van der Waals surface area contributed by atoms with Crippen molar-refractivity contribution in [2.45, 2.75) is 18.3 Å². The Morgan fingerprint density at radius 1 is 1.26 bits per heavy atom. The molecule has 0 atom stereocenters. The summed E-state index contributed by atoms with van der Waals surface area (Å²) >= 11 is 7.54. The van der Waals surface area contributed by atoms with Crippen LogP contribution in [0.1, 0.15) is 23.3 Å². The van der Waals surface area contributed by atoms with Crippen molar-refractivity contribution in [2.75, 3.05) is 25.1 Å². The molecule has 0 saturated carbocycles. The third-order valence-electron chi connectivity index (χ3n) is 4.64. The molecule has 1 saturated heterocycles. The van der Waals surface area contributed by atoms with Crippen LogP contribution in [0.3, 0.4) is 0 Å². The van der Waals surface area contributed by atoms with Gasteiger partial charge in [-0.05, 0) is 42.5 Å². The van der Waals surface area contributed by atoms with Crippen molar-refractivity contribution in [3.8, 4) is 6.07 Å². The van der Waals surface area contributed by atoms with Gasteiger partial charge in [0.1, 0.15) is 6.07 Å². The molecule has 0 spiro atoms. The van der Waals surface area contributed by atoms with Crippen LogP contribution in [0.4, 0.5) is 5.69 Å². The summed E-state index contributed by atoms with van der Waals surface area (Å²) < 4.78 is 5.46. The lowest BCUT2D eigenvalue weighted by Crippen LogP contribution is -2.46. The topological polar surface area (TPSA) is 91.2 Å². The van der Waals surface area contributed by atoms with Gasteiger partial charge >= 0.3 is 11.8 Å². The molecular formula is C19H18ClN3O3S. The van der Waals surface area contributed by atoms with E-state index in [0.717, 1.165) is 12.8 Å². The van der Waals surface area contributed by atoms with Gasteiger partial charge in [-0.2, -0.15) is 5.26 Å². The van der Waals surface area contributed by atoms with E-state index in [1.165, 1.54) is 17.0 Å². The highest BCUT2D eigenvalue weighted by molar-refractivity contribution is 7.10. The van der Waals surface area contributed by atoms with Crippen LogP contribution in [0, 0.1) is 11.3 Å². The lowest BCUT2D eigenvalue weighted by atomic mass is 9.78. The van der Waals surface area contributed by atoms with Crippen LogP contribution in [0.5, 0.6) is 0 Å². The van der Waals surface area contributed by atoms with E-state index in [1.807, 2.05) is 23.6 Å². The first-order valence-electron chi connectivity index (χ1n) is 8.45. The molecule has 140 valence electrons. The van der Waals surface area contributed by atoms with E-state index in [1.54, 1.807) is 17.4 Å². The highest BCUT2D eigenvalue weighted by atomic mass is 35.5. The van der Waals surface area contributed by atoms with Gasteiger partial charge in [0.25, 0.3) is 0 Å². The minimum Gasteiger partial charge on any atom is -0.381 e. The van der Waals surface area contributed by atoms with E-state index in [-0.39, 0.29) is 16.7 Å². The van der Waals surface area contributed by atoms with Gasteiger partial charge in [0.05, 0.1) is 11.3 Å². The molecule has 0 radical (unpaired) electrons. The summed E-state index contributed by atoms with van der Waals surface area (Å²) in [6, 6.07) is 10.5. The summed E-state index contributed by atoms with van der Waals surface area (Å²) in [5.74, 6) is -1.58. The Morgan fingerprint density at radius 2 is 2.04 bits per heavy atom. The number of nitrogens with one attached hydrogen (secondary N) is 2. The Hall–Kier alpha value is -2.40. The fourth-order valence-electron chi connectivity index (χ4n) is 3.08. The van der Waals surface area contributed by atoms with Gasteiger partial charge in [0, 0.05) is 35.1 Å². The summed E-state index contributed by atoms with van der Waals surface area (Å²) in [4.78, 5) is 25.8. The Labute approximate surface area is 166 Å². The van der Waals surface area contributed by atoms with Gasteiger partial charge in [0.15, 0.2) is 0 Å². The van der Waals surface area contributed by atoms with Gasteiger partial charge < -0.3 is 15.4 Å². The molecule has 0 bridgehead atoms. The average Bonchev–Trinajstić information content (AvgIpc) is 3.22. The van der Waals surface area contributed by atoms with Crippen LogP contribution in [0.2, 0.25) is 5.02 Å². The first-order valence-corrected chi connectivity index (χ1v) is 9.70. The number of carbonyl (C=O) groups is 2. The summed E-state index contributed by atoms with van der Waals surface area (Å²) in [5.41, 5.74) is 0.222. The Balaban J connectivity index is 1.67. The van der Waals surface area contributed by atoms with E-state index in [9.17, 15) is 9.59 Å². The van der Waals surface area contributed by atoms with Crippen molar-refractivity contribution in [2.24, 2.45) is 0 Å². The van der Waals surface area contributed by atoms with Crippen LogP contribution < -0.4 is 10.6 Å². The molecule has 2 amide bonds. The van der Waals surface area contributed by atoms with Gasteiger partial charge in [-0.15, -0.1) is 11.3 Å². The van der Waals surface area contributed by atoms with Crippen molar-refractivity contribution < 1.29 is 14.3 Å². The van der Waals surface area contributed by atoms with Crippen molar-refractivity contribution >= 4 is 40.4 Å². The molecule has 3 rings (SSSR count). The molecule has 1 aliphatic rings. The second kappa shape index (κ2) is 8.53. The first-order chi connectivity index (χ1) is 13.0. The summed E-state index contributed by atoms with van der Waals surface area (Å²) in [7, 11) is 0. The van der Waals surface area contributed by atoms with Crippen LogP contribution in [-0.4, -0.2) is 31.6 Å². The van der Waals surface area contributed by atoms with Gasteiger partial charge in [-0.1, -0.05) is 17.7 Å². The van der Waals surface area contributed by atoms with Crippen molar-refractivity contribution in [1.29, 1.82) is 5.26 Å². The molecule has 1 aromatic carbocycles. The summed E-state index contributed by atoms with van der Waals surface area (Å²) in [5, 5.41) is 16.7. The number of thiophene rings is 1. The number of hydrogen-bond acceptors (Lipinski definition) is 5. The Morgan fingerprint density at radius 3 is 2.70 bits per heavy atom. The van der Waals surface area contributed by atoms with E-state index in [4.69, 9.17) is 21.6 Å². The van der Waals surface area contributed by atoms with Crippen LogP contribution >= 0.6 is 22.9 Å². The molecular weight excluding hydrogens is 386 g/mol. The number of carbonyl (C=O) groups excluding carboxylic acids is 2. The Bertz CT molecular complexity index is 871. The minimum atomic E-state index is -0.831. The number of nitrogens with zero attached hydrogens (tertiary/aromatic N) is 1. The molecule has 27 heavy (non-hydrogen) atoms. The van der Waals surface area contributed by atoms with Crippen LogP contribution in [0.15, 0.2) is 35.7 Å². The molecule has 0 unspecified atom stereocenters. The predicted molar refractivity (Wildman–Crippen MR) is 104 cm³/mol. The second-order valence-corrected chi connectivity index (χ2v) is 7.69. The molecule has 0 aliphatic carbocycles. The number of halogens is 1. The molecule has 2 heterocycles. The molecule has 1 fully saturated rings. The lowest BCUT2D eigenvalue weighted by Gasteiger charge is -2.36. The monoisotopic (exact) mass is 403 g/mol. The van der Waals surface area contributed by atoms with Crippen LogP contribution in [0.25, 0.3) is 0 Å². The predicted octanol–water partition coefficient (Wildman–Crippen LogP) is 3.08.